The first-order valence-corrected chi connectivity index (χ1v) is 15.9. The van der Waals surface area contributed by atoms with Crippen LogP contribution in [-0.2, 0) is 0 Å². The first kappa shape index (κ1) is 26.4. The van der Waals surface area contributed by atoms with Crippen molar-refractivity contribution in [2.45, 2.75) is 0 Å². The molecule has 0 aliphatic rings. The van der Waals surface area contributed by atoms with Crippen LogP contribution in [0.4, 0.5) is 0 Å². The minimum absolute atomic E-state index is 1.23. The Labute approximate surface area is 268 Å². The summed E-state index contributed by atoms with van der Waals surface area (Å²) in [5.41, 5.74) is 10.0. The van der Waals surface area contributed by atoms with E-state index in [1.807, 2.05) is 0 Å². The summed E-state index contributed by atoms with van der Waals surface area (Å²) in [4.78, 5) is 0. The normalized spacial score (nSPS) is 11.5. The zero-order valence-electron chi connectivity index (χ0n) is 25.3. The van der Waals surface area contributed by atoms with Crippen LogP contribution < -0.4 is 0 Å². The second-order valence-corrected chi connectivity index (χ2v) is 12.1. The molecule has 0 N–H and O–H groups in total. The number of hydrogen-bond acceptors (Lipinski definition) is 0. The highest BCUT2D eigenvalue weighted by atomic mass is 14.2. The van der Waals surface area contributed by atoms with E-state index in [4.69, 9.17) is 0 Å². The maximum Gasteiger partial charge on any atom is -0.00201 e. The third kappa shape index (κ3) is 4.30. The molecule has 214 valence electrons. The van der Waals surface area contributed by atoms with Gasteiger partial charge in [0.2, 0.25) is 0 Å². The highest BCUT2D eigenvalue weighted by Gasteiger charge is 2.18. The van der Waals surface area contributed by atoms with Gasteiger partial charge in [-0.05, 0) is 99.7 Å². The van der Waals surface area contributed by atoms with Gasteiger partial charge < -0.3 is 0 Å². The highest BCUT2D eigenvalue weighted by Crippen LogP contribution is 2.45. The Kier molecular flexibility index (Phi) is 6.25. The summed E-state index contributed by atoms with van der Waals surface area (Å²) in [7, 11) is 0. The lowest BCUT2D eigenvalue weighted by Gasteiger charge is -2.19. The Morgan fingerprint density at radius 3 is 1.39 bits per heavy atom. The minimum Gasteiger partial charge on any atom is -0.0622 e. The van der Waals surface area contributed by atoms with E-state index in [1.165, 1.54) is 87.6 Å². The number of rotatable bonds is 4. The fourth-order valence-corrected chi connectivity index (χ4v) is 7.35. The fourth-order valence-electron chi connectivity index (χ4n) is 7.35. The average molecular weight is 583 g/mol. The van der Waals surface area contributed by atoms with Crippen LogP contribution in [-0.4, -0.2) is 0 Å². The third-order valence-corrected chi connectivity index (χ3v) is 9.44. The molecule has 0 bridgehead atoms. The summed E-state index contributed by atoms with van der Waals surface area (Å²) >= 11 is 0. The van der Waals surface area contributed by atoms with Crippen molar-refractivity contribution in [2.24, 2.45) is 0 Å². The summed E-state index contributed by atoms with van der Waals surface area (Å²) < 4.78 is 0. The molecule has 9 rings (SSSR count). The van der Waals surface area contributed by atoms with E-state index in [9.17, 15) is 0 Å². The largest absolute Gasteiger partial charge is 0.0622 e. The van der Waals surface area contributed by atoms with Crippen LogP contribution in [0.15, 0.2) is 182 Å². The van der Waals surface area contributed by atoms with Gasteiger partial charge >= 0.3 is 0 Å². The Balaban J connectivity index is 1.28. The van der Waals surface area contributed by atoms with E-state index < -0.39 is 0 Å². The van der Waals surface area contributed by atoms with Crippen LogP contribution >= 0.6 is 0 Å². The van der Waals surface area contributed by atoms with E-state index in [0.29, 0.717) is 0 Å². The van der Waals surface area contributed by atoms with Gasteiger partial charge in [-0.25, -0.2) is 0 Å². The van der Waals surface area contributed by atoms with Gasteiger partial charge in [-0.3, -0.25) is 0 Å². The molecule has 9 aromatic rings. The average Bonchev–Trinajstić information content (AvgIpc) is 3.13. The summed E-state index contributed by atoms with van der Waals surface area (Å²) in [5, 5.41) is 10.1. The second-order valence-electron chi connectivity index (χ2n) is 12.1. The van der Waals surface area contributed by atoms with E-state index in [-0.39, 0.29) is 0 Å². The molecule has 0 spiro atoms. The smallest absolute Gasteiger partial charge is 0.00201 e. The van der Waals surface area contributed by atoms with Crippen molar-refractivity contribution in [3.63, 3.8) is 0 Å². The van der Waals surface area contributed by atoms with Crippen LogP contribution in [0, 0.1) is 0 Å². The molecule has 0 unspecified atom stereocenters. The molecule has 0 aliphatic carbocycles. The van der Waals surface area contributed by atoms with E-state index in [2.05, 4.69) is 182 Å². The Morgan fingerprint density at radius 2 is 0.696 bits per heavy atom. The third-order valence-electron chi connectivity index (χ3n) is 9.44. The van der Waals surface area contributed by atoms with Crippen LogP contribution in [0.1, 0.15) is 0 Å². The molecular formula is C46H30. The van der Waals surface area contributed by atoms with Gasteiger partial charge in [-0.15, -0.1) is 0 Å². The Morgan fingerprint density at radius 1 is 0.217 bits per heavy atom. The standard InChI is InChI=1S/C46H30/c1-2-13-32(14-3-1)37-17-6-7-19-39(37)34-27-25-31-26-28-35(30-36(31)29-34)45-41-20-8-10-22-43(41)46(44-23-11-9-21-42(44)45)40-24-12-16-33-15-4-5-18-38(33)40/h1-30H. The molecule has 0 fully saturated rings. The van der Waals surface area contributed by atoms with Crippen LogP contribution in [0.3, 0.4) is 0 Å². The molecule has 0 heterocycles. The predicted octanol–water partition coefficient (Wildman–Crippen LogP) is 13.0. The van der Waals surface area contributed by atoms with E-state index in [1.54, 1.807) is 0 Å². The van der Waals surface area contributed by atoms with Crippen molar-refractivity contribution in [3.8, 4) is 44.5 Å². The number of hydrogen-bond donors (Lipinski definition) is 0. The molecule has 0 heteroatoms. The summed E-state index contributed by atoms with van der Waals surface area (Å²) in [5.74, 6) is 0. The van der Waals surface area contributed by atoms with Crippen LogP contribution in [0.25, 0.3) is 87.6 Å². The lowest BCUT2D eigenvalue weighted by molar-refractivity contribution is 1.59. The van der Waals surface area contributed by atoms with Crippen molar-refractivity contribution in [3.05, 3.63) is 182 Å². The van der Waals surface area contributed by atoms with Crippen molar-refractivity contribution in [1.82, 2.24) is 0 Å². The van der Waals surface area contributed by atoms with Crippen molar-refractivity contribution in [1.29, 1.82) is 0 Å². The Bertz CT molecular complexity index is 2510. The monoisotopic (exact) mass is 582 g/mol. The highest BCUT2D eigenvalue weighted by molar-refractivity contribution is 6.23. The van der Waals surface area contributed by atoms with Gasteiger partial charge in [0.05, 0.1) is 0 Å². The van der Waals surface area contributed by atoms with Crippen molar-refractivity contribution >= 4 is 43.1 Å². The van der Waals surface area contributed by atoms with Gasteiger partial charge in [0.1, 0.15) is 0 Å². The summed E-state index contributed by atoms with van der Waals surface area (Å²) in [6.07, 6.45) is 0. The summed E-state index contributed by atoms with van der Waals surface area (Å²) in [6.45, 7) is 0. The molecule has 0 aliphatic heterocycles. The van der Waals surface area contributed by atoms with Crippen LogP contribution in [0.5, 0.6) is 0 Å². The maximum absolute atomic E-state index is 2.38. The minimum atomic E-state index is 1.23. The van der Waals surface area contributed by atoms with Gasteiger partial charge in [0, 0.05) is 0 Å². The molecule has 0 atom stereocenters. The van der Waals surface area contributed by atoms with Crippen LogP contribution in [0.2, 0.25) is 0 Å². The maximum atomic E-state index is 2.38. The zero-order chi connectivity index (χ0) is 30.5. The fraction of sp³-hybridized carbons (Fsp3) is 0. The topological polar surface area (TPSA) is 0 Å². The second kappa shape index (κ2) is 10.9. The van der Waals surface area contributed by atoms with Crippen molar-refractivity contribution in [2.75, 3.05) is 0 Å². The first-order valence-electron chi connectivity index (χ1n) is 15.9. The number of benzene rings is 9. The first-order chi connectivity index (χ1) is 22.8. The van der Waals surface area contributed by atoms with E-state index >= 15 is 0 Å². The van der Waals surface area contributed by atoms with Gasteiger partial charge in [0.15, 0.2) is 0 Å². The molecule has 0 nitrogen and oxygen atoms in total. The molecule has 0 amide bonds. The number of fused-ring (bicyclic) bond motifs is 4. The lowest BCUT2D eigenvalue weighted by Crippen LogP contribution is -1.92. The molecule has 0 saturated carbocycles. The SMILES string of the molecule is c1ccc(-c2ccccc2-c2ccc3ccc(-c4c5ccccc5c(-c5cccc6ccccc56)c5ccccc45)cc3c2)cc1. The summed E-state index contributed by atoms with van der Waals surface area (Å²) in [6, 6.07) is 66.5. The molecule has 9 aromatic carbocycles. The molecule has 0 aromatic heterocycles. The Hall–Kier alpha value is -5.98. The molecule has 46 heavy (non-hydrogen) atoms. The van der Waals surface area contributed by atoms with Gasteiger partial charge in [0.25, 0.3) is 0 Å². The van der Waals surface area contributed by atoms with Crippen molar-refractivity contribution < 1.29 is 0 Å². The van der Waals surface area contributed by atoms with E-state index in [0.717, 1.165) is 0 Å². The lowest BCUT2D eigenvalue weighted by atomic mass is 9.84. The zero-order valence-corrected chi connectivity index (χ0v) is 25.3. The predicted molar refractivity (Wildman–Crippen MR) is 198 cm³/mol. The molecule has 0 radical (unpaired) electrons. The van der Waals surface area contributed by atoms with Gasteiger partial charge in [-0.2, -0.15) is 0 Å². The molecule has 0 saturated heterocycles. The molecular weight excluding hydrogens is 553 g/mol. The van der Waals surface area contributed by atoms with Gasteiger partial charge in [-0.1, -0.05) is 170 Å². The quantitative estimate of drug-likeness (QED) is 0.181.